The van der Waals surface area contributed by atoms with Crippen LogP contribution in [0.5, 0.6) is 11.5 Å². The number of nitrogens with zero attached hydrogens (tertiary/aromatic N) is 1. The number of carbonyl (C=O) groups is 3. The lowest BCUT2D eigenvalue weighted by molar-refractivity contribution is -0.123. The SMILES string of the molecule is O=C(CSc1cccs1)NCCN1C(=O)S/C(=C\c2ccc3c(c2)OCO3)C1=O. The van der Waals surface area contributed by atoms with Crippen LogP contribution in [0.3, 0.4) is 0 Å². The van der Waals surface area contributed by atoms with Crippen LogP contribution in [0.2, 0.25) is 0 Å². The van der Waals surface area contributed by atoms with E-state index in [1.807, 2.05) is 17.5 Å². The highest BCUT2D eigenvalue weighted by molar-refractivity contribution is 8.18. The number of hydrogen-bond donors (Lipinski definition) is 1. The molecule has 1 aromatic heterocycles. The standard InChI is InChI=1S/C19H16N2O5S3/c22-16(10-28-17-2-1-7-27-17)20-5-6-21-18(23)15(29-19(21)24)9-12-3-4-13-14(8-12)26-11-25-13/h1-4,7-9H,5-6,10-11H2,(H,20,22)/b15-9-. The summed E-state index contributed by atoms with van der Waals surface area (Å²) in [5, 5.41) is 4.36. The zero-order valence-corrected chi connectivity index (χ0v) is 17.5. The first-order chi connectivity index (χ1) is 14.1. The van der Waals surface area contributed by atoms with Gasteiger partial charge in [-0.25, -0.2) is 0 Å². The van der Waals surface area contributed by atoms with E-state index < -0.39 is 0 Å². The minimum atomic E-state index is -0.361. The van der Waals surface area contributed by atoms with Gasteiger partial charge in [0.15, 0.2) is 11.5 Å². The fraction of sp³-hybridized carbons (Fsp3) is 0.211. The summed E-state index contributed by atoms with van der Waals surface area (Å²) in [5.41, 5.74) is 0.749. The molecule has 0 spiro atoms. The van der Waals surface area contributed by atoms with Gasteiger partial charge in [0.2, 0.25) is 12.7 Å². The van der Waals surface area contributed by atoms with Crippen LogP contribution in [0.4, 0.5) is 4.79 Å². The number of thioether (sulfide) groups is 2. The number of fused-ring (bicyclic) bond motifs is 1. The van der Waals surface area contributed by atoms with E-state index in [-0.39, 0.29) is 36.9 Å². The molecule has 1 N–H and O–H groups in total. The normalized spacial score (nSPS) is 16.7. The van der Waals surface area contributed by atoms with Crippen LogP contribution in [0.1, 0.15) is 5.56 Å². The highest BCUT2D eigenvalue weighted by Crippen LogP contribution is 2.36. The molecule has 29 heavy (non-hydrogen) atoms. The van der Waals surface area contributed by atoms with Gasteiger partial charge in [-0.3, -0.25) is 19.3 Å². The molecule has 0 bridgehead atoms. The third-order valence-electron chi connectivity index (χ3n) is 4.07. The van der Waals surface area contributed by atoms with Gasteiger partial charge in [-0.1, -0.05) is 12.1 Å². The molecule has 150 valence electrons. The number of rotatable bonds is 7. The summed E-state index contributed by atoms with van der Waals surface area (Å²) < 4.78 is 11.7. The fourth-order valence-electron chi connectivity index (χ4n) is 2.69. The number of benzene rings is 1. The highest BCUT2D eigenvalue weighted by atomic mass is 32.2. The van der Waals surface area contributed by atoms with E-state index in [2.05, 4.69) is 5.32 Å². The Bertz CT molecular complexity index is 974. The molecule has 1 saturated heterocycles. The maximum Gasteiger partial charge on any atom is 0.293 e. The molecule has 0 radical (unpaired) electrons. The molecule has 0 aliphatic carbocycles. The first-order valence-electron chi connectivity index (χ1n) is 8.68. The molecular formula is C19H16N2O5S3. The van der Waals surface area contributed by atoms with Gasteiger partial charge in [0.25, 0.3) is 11.1 Å². The van der Waals surface area contributed by atoms with Crippen molar-refractivity contribution in [3.63, 3.8) is 0 Å². The van der Waals surface area contributed by atoms with Gasteiger partial charge in [-0.05, 0) is 47.0 Å². The monoisotopic (exact) mass is 448 g/mol. The van der Waals surface area contributed by atoms with Gasteiger partial charge in [0, 0.05) is 13.1 Å². The molecule has 3 amide bonds. The number of ether oxygens (including phenoxy) is 2. The number of thiophene rings is 1. The van der Waals surface area contributed by atoms with E-state index in [1.54, 1.807) is 35.6 Å². The van der Waals surface area contributed by atoms with Crippen molar-refractivity contribution in [1.29, 1.82) is 0 Å². The number of imide groups is 1. The van der Waals surface area contributed by atoms with E-state index in [4.69, 9.17) is 9.47 Å². The lowest BCUT2D eigenvalue weighted by Crippen LogP contribution is -2.37. The van der Waals surface area contributed by atoms with Gasteiger partial charge in [-0.15, -0.1) is 23.1 Å². The molecule has 2 aliphatic rings. The predicted octanol–water partition coefficient (Wildman–Crippen LogP) is 3.42. The summed E-state index contributed by atoms with van der Waals surface area (Å²) in [6.07, 6.45) is 1.66. The fourth-order valence-corrected chi connectivity index (χ4v) is 5.17. The Kier molecular flexibility index (Phi) is 6.12. The van der Waals surface area contributed by atoms with Crippen molar-refractivity contribution in [3.05, 3.63) is 46.2 Å². The summed E-state index contributed by atoms with van der Waals surface area (Å²) in [6.45, 7) is 0.532. The van der Waals surface area contributed by atoms with Crippen LogP contribution in [-0.4, -0.2) is 47.6 Å². The average molecular weight is 449 g/mol. The summed E-state index contributed by atoms with van der Waals surface area (Å²) in [4.78, 5) is 38.2. The minimum Gasteiger partial charge on any atom is -0.454 e. The van der Waals surface area contributed by atoms with E-state index in [0.717, 1.165) is 26.4 Å². The van der Waals surface area contributed by atoms with Crippen LogP contribution in [0.15, 0.2) is 44.8 Å². The van der Waals surface area contributed by atoms with Crippen molar-refractivity contribution in [2.75, 3.05) is 25.6 Å². The number of carbonyl (C=O) groups excluding carboxylic acids is 3. The van der Waals surface area contributed by atoms with Crippen molar-refractivity contribution in [2.45, 2.75) is 4.21 Å². The Morgan fingerprint density at radius 1 is 1.24 bits per heavy atom. The van der Waals surface area contributed by atoms with Gasteiger partial charge in [-0.2, -0.15) is 0 Å². The summed E-state index contributed by atoms with van der Waals surface area (Å²) in [5.74, 6) is 1.07. The predicted molar refractivity (Wildman–Crippen MR) is 113 cm³/mol. The van der Waals surface area contributed by atoms with Crippen LogP contribution < -0.4 is 14.8 Å². The van der Waals surface area contributed by atoms with Crippen molar-refractivity contribution >= 4 is 58.0 Å². The molecule has 10 heteroatoms. The maximum absolute atomic E-state index is 12.6. The first kappa shape index (κ1) is 19.9. The van der Waals surface area contributed by atoms with Gasteiger partial charge in [0.05, 0.1) is 14.9 Å². The van der Waals surface area contributed by atoms with Crippen molar-refractivity contribution in [2.24, 2.45) is 0 Å². The largest absolute Gasteiger partial charge is 0.454 e. The molecular weight excluding hydrogens is 432 g/mol. The lowest BCUT2D eigenvalue weighted by Gasteiger charge is -2.12. The van der Waals surface area contributed by atoms with Crippen molar-refractivity contribution in [1.82, 2.24) is 10.2 Å². The van der Waals surface area contributed by atoms with Crippen LogP contribution in [0.25, 0.3) is 6.08 Å². The Morgan fingerprint density at radius 2 is 2.10 bits per heavy atom. The van der Waals surface area contributed by atoms with Crippen LogP contribution in [-0.2, 0) is 9.59 Å². The van der Waals surface area contributed by atoms with E-state index in [1.165, 1.54) is 11.8 Å². The second-order valence-electron chi connectivity index (χ2n) is 6.02. The second kappa shape index (κ2) is 8.93. The quantitative estimate of drug-likeness (QED) is 0.513. The van der Waals surface area contributed by atoms with Gasteiger partial charge < -0.3 is 14.8 Å². The van der Waals surface area contributed by atoms with Crippen molar-refractivity contribution < 1.29 is 23.9 Å². The topological polar surface area (TPSA) is 84.9 Å². The zero-order chi connectivity index (χ0) is 20.2. The molecule has 7 nitrogen and oxygen atoms in total. The smallest absolute Gasteiger partial charge is 0.293 e. The summed E-state index contributed by atoms with van der Waals surface area (Å²) >= 11 is 3.92. The van der Waals surface area contributed by atoms with E-state index >= 15 is 0 Å². The molecule has 2 aromatic rings. The van der Waals surface area contributed by atoms with Gasteiger partial charge >= 0.3 is 0 Å². The Morgan fingerprint density at radius 3 is 2.93 bits per heavy atom. The average Bonchev–Trinajstić information content (AvgIpc) is 3.44. The third kappa shape index (κ3) is 4.77. The van der Waals surface area contributed by atoms with E-state index in [0.29, 0.717) is 22.2 Å². The lowest BCUT2D eigenvalue weighted by atomic mass is 10.2. The molecule has 1 aromatic carbocycles. The molecule has 4 rings (SSSR count). The molecule has 1 fully saturated rings. The number of hydrogen-bond acceptors (Lipinski definition) is 8. The highest BCUT2D eigenvalue weighted by Gasteiger charge is 2.34. The Balaban J connectivity index is 1.29. The molecule has 0 unspecified atom stereocenters. The number of amides is 3. The van der Waals surface area contributed by atoms with Crippen molar-refractivity contribution in [3.8, 4) is 11.5 Å². The Hall–Kier alpha value is -2.43. The molecule has 2 aliphatic heterocycles. The summed E-state index contributed by atoms with van der Waals surface area (Å²) in [7, 11) is 0. The second-order valence-corrected chi connectivity index (χ2v) is 9.23. The number of nitrogens with one attached hydrogen (secondary N) is 1. The molecule has 0 saturated carbocycles. The molecule has 0 atom stereocenters. The molecule has 3 heterocycles. The zero-order valence-electron chi connectivity index (χ0n) is 15.1. The van der Waals surface area contributed by atoms with Crippen LogP contribution in [0, 0.1) is 0 Å². The van der Waals surface area contributed by atoms with Crippen LogP contribution >= 0.6 is 34.9 Å². The minimum absolute atomic E-state index is 0.133. The Labute approximate surface area is 179 Å². The van der Waals surface area contributed by atoms with E-state index in [9.17, 15) is 14.4 Å². The maximum atomic E-state index is 12.6. The summed E-state index contributed by atoms with van der Waals surface area (Å²) in [6, 6.07) is 9.22. The first-order valence-corrected chi connectivity index (χ1v) is 11.4. The third-order valence-corrected chi connectivity index (χ3v) is 7.10. The van der Waals surface area contributed by atoms with Gasteiger partial charge in [0.1, 0.15) is 0 Å².